The number of hydrogen-bond donors (Lipinski definition) is 2. The quantitative estimate of drug-likeness (QED) is 0.206. The van der Waals surface area contributed by atoms with Gasteiger partial charge in [0.05, 0.1) is 13.2 Å². The maximum atomic E-state index is 11.1. The summed E-state index contributed by atoms with van der Waals surface area (Å²) in [5.74, 6) is 0.566. The number of hydrogen-bond acceptors (Lipinski definition) is 8. The van der Waals surface area contributed by atoms with Crippen molar-refractivity contribution in [3.63, 3.8) is 0 Å². The van der Waals surface area contributed by atoms with Gasteiger partial charge in [-0.3, -0.25) is 4.79 Å². The number of ether oxygens (including phenoxy) is 4. The Morgan fingerprint density at radius 1 is 0.944 bits per heavy atom. The minimum atomic E-state index is -0.969. The Kier molecular flexibility index (Phi) is 11.3. The molecule has 0 amide bonds. The molecule has 0 aliphatic heterocycles. The molecular formula is C28H34O8. The van der Waals surface area contributed by atoms with E-state index in [1.54, 1.807) is 6.07 Å². The van der Waals surface area contributed by atoms with E-state index in [1.165, 1.54) is 0 Å². The zero-order valence-corrected chi connectivity index (χ0v) is 20.7. The average Bonchev–Trinajstić information content (AvgIpc) is 2.89. The van der Waals surface area contributed by atoms with Crippen LogP contribution < -0.4 is 9.47 Å². The van der Waals surface area contributed by atoms with E-state index in [0.717, 1.165) is 17.2 Å². The van der Waals surface area contributed by atoms with Gasteiger partial charge in [0.2, 0.25) is 0 Å². The standard InChI is InChI=1S/C28H34O8/c1-5-27(32)36-19-24(31)18-35-26-11-7-9-22(13-26)28(3,4)21-8-6-10-25(12-21)34-17-23(30)16-33-15-20(2)14-29/h5-14,23-24,30-31H,1-2,15-19H2,3-4H3. The normalized spacial score (nSPS) is 12.8. The van der Waals surface area contributed by atoms with Gasteiger partial charge >= 0.3 is 5.97 Å². The lowest BCUT2D eigenvalue weighted by Gasteiger charge is -2.27. The second-order valence-electron chi connectivity index (χ2n) is 8.74. The Morgan fingerprint density at radius 2 is 1.47 bits per heavy atom. The third-order valence-corrected chi connectivity index (χ3v) is 5.35. The van der Waals surface area contributed by atoms with Gasteiger partial charge in [-0.25, -0.2) is 4.79 Å². The fraction of sp³-hybridized carbons (Fsp3) is 0.357. The molecule has 0 saturated heterocycles. The predicted octanol–water partition coefficient (Wildman–Crippen LogP) is 2.99. The molecule has 2 rings (SSSR count). The van der Waals surface area contributed by atoms with Crippen LogP contribution in [0.1, 0.15) is 25.0 Å². The molecule has 0 heterocycles. The molecule has 0 radical (unpaired) electrons. The number of benzene rings is 2. The largest absolute Gasteiger partial charge is 0.491 e. The molecule has 36 heavy (non-hydrogen) atoms. The maximum absolute atomic E-state index is 11.1. The average molecular weight is 499 g/mol. The van der Waals surface area contributed by atoms with Gasteiger partial charge in [-0.05, 0) is 35.4 Å². The van der Waals surface area contributed by atoms with E-state index in [9.17, 15) is 19.8 Å². The van der Waals surface area contributed by atoms with Gasteiger partial charge in [0.1, 0.15) is 49.8 Å². The van der Waals surface area contributed by atoms with Gasteiger partial charge in [-0.2, -0.15) is 0 Å². The summed E-state index contributed by atoms with van der Waals surface area (Å²) in [5.41, 5.74) is 1.86. The fourth-order valence-electron chi connectivity index (χ4n) is 3.19. The summed E-state index contributed by atoms with van der Waals surface area (Å²) in [5, 5.41) is 20.0. The lowest BCUT2D eigenvalue weighted by molar-refractivity contribution is -0.141. The van der Waals surface area contributed by atoms with Crippen LogP contribution in [0.15, 0.2) is 73.3 Å². The van der Waals surface area contributed by atoms with E-state index >= 15 is 0 Å². The molecule has 0 bridgehead atoms. The van der Waals surface area contributed by atoms with E-state index in [1.807, 2.05) is 42.5 Å². The molecule has 8 nitrogen and oxygen atoms in total. The van der Waals surface area contributed by atoms with Crippen molar-refractivity contribution in [2.45, 2.75) is 31.5 Å². The molecule has 0 fully saturated rings. The molecule has 194 valence electrons. The zero-order valence-electron chi connectivity index (χ0n) is 20.7. The third-order valence-electron chi connectivity index (χ3n) is 5.35. The summed E-state index contributed by atoms with van der Waals surface area (Å²) in [7, 11) is 0. The molecule has 0 aliphatic rings. The topological polar surface area (TPSA) is 112 Å². The first kappa shape index (κ1) is 28.8. The summed E-state index contributed by atoms with van der Waals surface area (Å²) < 4.78 is 21.5. The first-order valence-corrected chi connectivity index (χ1v) is 11.5. The van der Waals surface area contributed by atoms with Crippen molar-refractivity contribution >= 4 is 12.3 Å². The van der Waals surface area contributed by atoms with Crippen molar-refractivity contribution in [2.24, 2.45) is 0 Å². The van der Waals surface area contributed by atoms with E-state index in [0.29, 0.717) is 23.4 Å². The number of esters is 1. The van der Waals surface area contributed by atoms with E-state index < -0.39 is 23.6 Å². The van der Waals surface area contributed by atoms with E-state index in [4.69, 9.17) is 18.9 Å². The van der Waals surface area contributed by atoms with Crippen LogP contribution in [0.25, 0.3) is 0 Å². The summed E-state index contributed by atoms with van der Waals surface area (Å²) in [6.45, 7) is 10.9. The molecule has 0 aliphatic carbocycles. The van der Waals surface area contributed by atoms with Gasteiger partial charge in [0.15, 0.2) is 0 Å². The monoisotopic (exact) mass is 498 g/mol. The summed E-state index contributed by atoms with van der Waals surface area (Å²) in [4.78, 5) is 21.7. The van der Waals surface area contributed by atoms with Crippen molar-refractivity contribution in [1.29, 1.82) is 0 Å². The first-order valence-electron chi connectivity index (χ1n) is 11.5. The molecule has 2 N–H and O–H groups in total. The number of aldehydes is 1. The van der Waals surface area contributed by atoms with Crippen molar-refractivity contribution in [3.8, 4) is 11.5 Å². The third kappa shape index (κ3) is 9.30. The second kappa shape index (κ2) is 14.2. The van der Waals surface area contributed by atoms with Crippen LogP contribution in [0.4, 0.5) is 0 Å². The zero-order chi connectivity index (χ0) is 26.6. The SMILES string of the molecule is C=CC(=O)OCC(O)COc1cccc(C(C)(C)c2cccc(OCC(O)COCC(=C)C=O)c2)c1. The highest BCUT2D eigenvalue weighted by atomic mass is 16.5. The van der Waals surface area contributed by atoms with Gasteiger partial charge < -0.3 is 29.2 Å². The predicted molar refractivity (Wildman–Crippen MR) is 135 cm³/mol. The second-order valence-corrected chi connectivity index (χ2v) is 8.74. The number of aliphatic hydroxyl groups is 2. The Balaban J connectivity index is 1.98. The van der Waals surface area contributed by atoms with Crippen LogP contribution in [0.3, 0.4) is 0 Å². The van der Waals surface area contributed by atoms with Crippen LogP contribution >= 0.6 is 0 Å². The molecule has 8 heteroatoms. The molecule has 2 atom stereocenters. The summed E-state index contributed by atoms with van der Waals surface area (Å²) in [6.07, 6.45) is -0.175. The number of aliphatic hydroxyl groups excluding tert-OH is 2. The molecular weight excluding hydrogens is 464 g/mol. The van der Waals surface area contributed by atoms with E-state index in [2.05, 4.69) is 27.0 Å². The van der Waals surface area contributed by atoms with Crippen LogP contribution in [0.5, 0.6) is 11.5 Å². The molecule has 2 unspecified atom stereocenters. The fourth-order valence-corrected chi connectivity index (χ4v) is 3.19. The Labute approximate surface area is 211 Å². The Morgan fingerprint density at radius 3 is 1.97 bits per heavy atom. The maximum Gasteiger partial charge on any atom is 0.330 e. The lowest BCUT2D eigenvalue weighted by Crippen LogP contribution is -2.25. The summed E-state index contributed by atoms with van der Waals surface area (Å²) >= 11 is 0. The molecule has 0 saturated carbocycles. The van der Waals surface area contributed by atoms with Crippen molar-refractivity contribution in [2.75, 3.05) is 33.0 Å². The molecule has 2 aromatic rings. The number of carbonyl (C=O) groups excluding carboxylic acids is 2. The Bertz CT molecular complexity index is 1030. The lowest BCUT2D eigenvalue weighted by atomic mass is 9.78. The highest BCUT2D eigenvalue weighted by molar-refractivity contribution is 5.81. The van der Waals surface area contributed by atoms with Crippen LogP contribution in [-0.4, -0.2) is 67.7 Å². The number of rotatable bonds is 16. The first-order chi connectivity index (χ1) is 17.1. The Hall–Kier alpha value is -3.46. The van der Waals surface area contributed by atoms with Crippen LogP contribution in [0.2, 0.25) is 0 Å². The minimum Gasteiger partial charge on any atom is -0.491 e. The van der Waals surface area contributed by atoms with Crippen molar-refractivity contribution in [3.05, 3.63) is 84.5 Å². The highest BCUT2D eigenvalue weighted by Crippen LogP contribution is 2.34. The van der Waals surface area contributed by atoms with Gasteiger partial charge in [0.25, 0.3) is 0 Å². The minimum absolute atomic E-state index is 0.0240. The van der Waals surface area contributed by atoms with Gasteiger partial charge in [0, 0.05) is 17.1 Å². The molecule has 0 spiro atoms. The molecule has 0 aromatic heterocycles. The summed E-state index contributed by atoms with van der Waals surface area (Å²) in [6, 6.07) is 15.1. The van der Waals surface area contributed by atoms with Gasteiger partial charge in [-0.15, -0.1) is 0 Å². The highest BCUT2D eigenvalue weighted by Gasteiger charge is 2.24. The van der Waals surface area contributed by atoms with Gasteiger partial charge in [-0.1, -0.05) is 51.3 Å². The van der Waals surface area contributed by atoms with Crippen molar-refractivity contribution < 1.29 is 38.7 Å². The van der Waals surface area contributed by atoms with Crippen LogP contribution in [0, 0.1) is 0 Å². The number of carbonyl (C=O) groups is 2. The molecule has 2 aromatic carbocycles. The van der Waals surface area contributed by atoms with E-state index in [-0.39, 0.29) is 33.0 Å². The van der Waals surface area contributed by atoms with Crippen LogP contribution in [-0.2, 0) is 24.5 Å². The van der Waals surface area contributed by atoms with Crippen molar-refractivity contribution in [1.82, 2.24) is 0 Å². The smallest absolute Gasteiger partial charge is 0.330 e.